The first-order valence-electron chi connectivity index (χ1n) is 9.91. The zero-order valence-electron chi connectivity index (χ0n) is 18.7. The van der Waals surface area contributed by atoms with Crippen LogP contribution in [0.2, 0.25) is 0 Å². The number of sulfonamides is 2. The molecule has 4 rings (SSSR count). The molecule has 4 aromatic rings. The van der Waals surface area contributed by atoms with E-state index in [0.29, 0.717) is 11.2 Å². The first kappa shape index (κ1) is 31.2. The van der Waals surface area contributed by atoms with E-state index in [9.17, 15) is 16.8 Å². The first-order chi connectivity index (χ1) is 17.6. The van der Waals surface area contributed by atoms with Crippen molar-refractivity contribution in [3.8, 4) is 0 Å². The van der Waals surface area contributed by atoms with E-state index in [1.54, 1.807) is 36.4 Å². The van der Waals surface area contributed by atoms with Crippen molar-refractivity contribution in [2.24, 2.45) is 0 Å². The maximum absolute atomic E-state index is 11.9. The van der Waals surface area contributed by atoms with E-state index in [2.05, 4.69) is 58.1 Å². The van der Waals surface area contributed by atoms with E-state index in [1.807, 2.05) is 0 Å². The number of halogens is 2. The van der Waals surface area contributed by atoms with Crippen molar-refractivity contribution >= 4 is 81.8 Å². The van der Waals surface area contributed by atoms with Crippen molar-refractivity contribution in [3.05, 3.63) is 109 Å². The molecule has 0 aliphatic heterocycles. The maximum atomic E-state index is 11.9. The summed E-state index contributed by atoms with van der Waals surface area (Å²) in [5.74, 6) is 0.532. The van der Waals surface area contributed by atoms with E-state index in [-0.39, 0.29) is 32.8 Å². The summed E-state index contributed by atoms with van der Waals surface area (Å²) in [6.45, 7) is 0. The molecule has 10 nitrogen and oxygen atoms in total. The fourth-order valence-corrected chi connectivity index (χ4v) is 4.52. The Labute approximate surface area is 245 Å². The minimum absolute atomic E-state index is 0.110. The van der Waals surface area contributed by atoms with Crippen molar-refractivity contribution in [2.45, 2.75) is 9.79 Å². The fourth-order valence-electron chi connectivity index (χ4n) is 2.51. The molecule has 0 atom stereocenters. The summed E-state index contributed by atoms with van der Waals surface area (Å²) >= 11 is 5.30. The molecule has 0 aliphatic carbocycles. The molecule has 0 bridgehead atoms. The average Bonchev–Trinajstić information content (AvgIpc) is 2.86. The number of rotatable bonds is 6. The van der Waals surface area contributed by atoms with Crippen LogP contribution in [0.15, 0.2) is 107 Å². The van der Waals surface area contributed by atoms with E-state index in [0.717, 1.165) is 0 Å². The first-order valence-corrected chi connectivity index (χ1v) is 25.8. The standard InChI is InChI=1S/2C11H10N3O2S.2HI.Pt/c2*12-9-4-6-10(7-5-9)17(15,16)14-11-3-1-2-8-13-11;;;/h2*1-8,12H,(H,13,14);2*1H;/q2*-1;;;+4/p-2. The zero-order chi connectivity index (χ0) is 27.3. The van der Waals surface area contributed by atoms with Crippen molar-refractivity contribution < 1.29 is 28.0 Å². The quantitative estimate of drug-likeness (QED) is 0.200. The third-order valence-electron chi connectivity index (χ3n) is 4.14. The van der Waals surface area contributed by atoms with Gasteiger partial charge in [-0.15, -0.1) is 11.4 Å². The normalized spacial score (nSPS) is 10.8. The summed E-state index contributed by atoms with van der Waals surface area (Å²) < 4.78 is 52.3. The van der Waals surface area contributed by atoms with Crippen LogP contribution in [0.1, 0.15) is 0 Å². The van der Waals surface area contributed by atoms with Crippen LogP contribution in [0.4, 0.5) is 23.0 Å². The third-order valence-corrected chi connectivity index (χ3v) is 6.88. The number of aromatic nitrogens is 2. The molecule has 0 spiro atoms. The second kappa shape index (κ2) is 15.4. The molecule has 2 aromatic carbocycles. The summed E-state index contributed by atoms with van der Waals surface area (Å²) in [4.78, 5) is 7.98. The molecule has 2 aromatic heterocycles. The Morgan fingerprint density at radius 3 is 1.19 bits per heavy atom. The molecule has 0 aliphatic rings. The molecule has 15 heteroatoms. The third kappa shape index (κ3) is 11.1. The van der Waals surface area contributed by atoms with Crippen molar-refractivity contribution in [2.75, 3.05) is 9.44 Å². The summed E-state index contributed by atoms with van der Waals surface area (Å²) in [5.41, 5.74) is 15.1. The molecular formula is C22H20I2N6O4PtS2. The summed E-state index contributed by atoms with van der Waals surface area (Å²) in [7, 11) is -7.25. The van der Waals surface area contributed by atoms with Gasteiger partial charge in [-0.2, -0.15) is 0 Å². The van der Waals surface area contributed by atoms with E-state index in [4.69, 9.17) is 11.5 Å². The molecule has 0 fully saturated rings. The topological polar surface area (TPSA) is 166 Å². The second-order valence-electron chi connectivity index (χ2n) is 6.73. The number of hydrogen-bond donors (Lipinski definition) is 2. The molecule has 198 valence electrons. The van der Waals surface area contributed by atoms with Gasteiger partial charge in [-0.25, -0.2) is 26.8 Å². The van der Waals surface area contributed by atoms with Gasteiger partial charge in [-0.1, -0.05) is 36.4 Å². The molecule has 4 N–H and O–H groups in total. The number of anilines is 2. The minimum Gasteiger partial charge on any atom is -0.699 e. The smallest absolute Gasteiger partial charge is 0.263 e. The van der Waals surface area contributed by atoms with E-state index >= 15 is 0 Å². The Balaban J connectivity index is 0.000000235. The summed E-state index contributed by atoms with van der Waals surface area (Å²) in [6, 6.07) is 21.1. The van der Waals surface area contributed by atoms with Gasteiger partial charge in [-0.05, 0) is 48.5 Å². The average molecular weight is 945 g/mol. The van der Waals surface area contributed by atoms with Crippen LogP contribution in [0.5, 0.6) is 0 Å². The van der Waals surface area contributed by atoms with Crippen LogP contribution in [-0.2, 0) is 31.2 Å². The van der Waals surface area contributed by atoms with Crippen LogP contribution in [-0.4, -0.2) is 26.8 Å². The van der Waals surface area contributed by atoms with Crippen molar-refractivity contribution in [3.63, 3.8) is 0 Å². The van der Waals surface area contributed by atoms with Gasteiger partial charge in [0, 0.05) is 12.4 Å². The predicted molar refractivity (Wildman–Crippen MR) is 159 cm³/mol. The Morgan fingerprint density at radius 1 is 0.595 bits per heavy atom. The number of hydrogen-bond acceptors (Lipinski definition) is 6. The van der Waals surface area contributed by atoms with Crippen LogP contribution in [0.25, 0.3) is 11.5 Å². The number of nitrogens with zero attached hydrogens (tertiary/aromatic N) is 2. The van der Waals surface area contributed by atoms with Gasteiger partial charge < -0.3 is 11.5 Å². The molecule has 0 unspecified atom stereocenters. The minimum atomic E-state index is -3.63. The van der Waals surface area contributed by atoms with Gasteiger partial charge in [0.15, 0.2) is 0 Å². The molecular weight excluding hydrogens is 925 g/mol. The Hall–Kier alpha value is -2.01. The number of benzene rings is 2. The Bertz CT molecular complexity index is 1340. The predicted octanol–water partition coefficient (Wildman–Crippen LogP) is 6.90. The van der Waals surface area contributed by atoms with Crippen LogP contribution in [0.3, 0.4) is 0 Å². The van der Waals surface area contributed by atoms with E-state index < -0.39 is 20.0 Å². The van der Waals surface area contributed by atoms with Gasteiger partial charge in [0.1, 0.15) is 11.6 Å². The Morgan fingerprint density at radius 2 is 0.919 bits per heavy atom. The van der Waals surface area contributed by atoms with Gasteiger partial charge in [-0.3, -0.25) is 9.44 Å². The van der Waals surface area contributed by atoms with Gasteiger partial charge in [0.25, 0.3) is 20.0 Å². The van der Waals surface area contributed by atoms with Gasteiger partial charge in [0.2, 0.25) is 0 Å². The van der Waals surface area contributed by atoms with Gasteiger partial charge >= 0.3 is 49.9 Å². The molecule has 37 heavy (non-hydrogen) atoms. The molecule has 0 amide bonds. The second-order valence-corrected chi connectivity index (χ2v) is 26.7. The number of nitrogens with one attached hydrogen (secondary N) is 4. The molecule has 2 heterocycles. The maximum Gasteiger partial charge on any atom is 0.263 e. The number of pyridine rings is 2. The summed E-state index contributed by atoms with van der Waals surface area (Å²) in [5, 5.41) is 0. The van der Waals surface area contributed by atoms with Crippen LogP contribution in [0, 0.1) is 0 Å². The van der Waals surface area contributed by atoms with Crippen molar-refractivity contribution in [1.29, 1.82) is 0 Å². The van der Waals surface area contributed by atoms with Gasteiger partial charge in [0.05, 0.1) is 9.79 Å². The Kier molecular flexibility index (Phi) is 13.0. The van der Waals surface area contributed by atoms with Crippen LogP contribution < -0.4 is 9.44 Å². The van der Waals surface area contributed by atoms with Crippen molar-refractivity contribution in [1.82, 2.24) is 9.97 Å². The molecule has 0 saturated heterocycles. The molecule has 0 saturated carbocycles. The molecule has 0 radical (unpaired) electrons. The fraction of sp³-hybridized carbons (Fsp3) is 0. The summed E-state index contributed by atoms with van der Waals surface area (Å²) in [6.07, 6.45) is 3.01. The largest absolute Gasteiger partial charge is 0.699 e. The zero-order valence-corrected chi connectivity index (χ0v) is 26.9. The van der Waals surface area contributed by atoms with Crippen LogP contribution >= 0.6 is 38.7 Å². The van der Waals surface area contributed by atoms with E-state index in [1.165, 1.54) is 60.9 Å². The monoisotopic (exact) mass is 945 g/mol. The SMILES string of the molecule is [I][Pt+2][I].[NH-]c1ccc(S(=O)(=O)Nc2ccccn2)cc1.[NH-]c1ccc(S(=O)(=O)Nc2ccccn2)cc1.